The zero-order valence-corrected chi connectivity index (χ0v) is 15.0. The van der Waals surface area contributed by atoms with Gasteiger partial charge in [-0.2, -0.15) is 0 Å². The first kappa shape index (κ1) is 17.8. The molecule has 0 saturated carbocycles. The number of ether oxygens (including phenoxy) is 2. The molecule has 2 aliphatic heterocycles. The number of fused-ring (bicyclic) bond motifs is 2. The number of anilines is 2. The smallest absolute Gasteiger partial charge is 0.254 e. The second kappa shape index (κ2) is 7.59. The van der Waals surface area contributed by atoms with Gasteiger partial charge < -0.3 is 25.4 Å². The molecule has 0 fully saturated rings. The van der Waals surface area contributed by atoms with Crippen LogP contribution >= 0.6 is 0 Å². The maximum absolute atomic E-state index is 12.4. The number of nitrogens with one attached hydrogen (secondary N) is 3. The number of carbonyl (C=O) groups is 3. The summed E-state index contributed by atoms with van der Waals surface area (Å²) in [5.41, 5.74) is 1.45. The van der Waals surface area contributed by atoms with E-state index in [1.54, 1.807) is 42.5 Å². The van der Waals surface area contributed by atoms with Crippen LogP contribution in [0.15, 0.2) is 42.5 Å². The molecule has 8 heteroatoms. The van der Waals surface area contributed by atoms with Crippen molar-refractivity contribution in [1.82, 2.24) is 5.32 Å². The van der Waals surface area contributed by atoms with Gasteiger partial charge in [0.05, 0.1) is 11.3 Å². The lowest BCUT2D eigenvalue weighted by atomic mass is 10.1. The predicted octanol–water partition coefficient (Wildman–Crippen LogP) is 1.93. The van der Waals surface area contributed by atoms with E-state index in [1.165, 1.54) is 0 Å². The van der Waals surface area contributed by atoms with Gasteiger partial charge in [-0.25, -0.2) is 0 Å². The van der Waals surface area contributed by atoms with Crippen molar-refractivity contribution in [3.05, 3.63) is 48.0 Å². The first-order valence-corrected chi connectivity index (χ1v) is 9.00. The normalized spacial score (nSPS) is 17.6. The summed E-state index contributed by atoms with van der Waals surface area (Å²) in [4.78, 5) is 37.0. The van der Waals surface area contributed by atoms with Crippen LogP contribution in [0.4, 0.5) is 11.4 Å². The van der Waals surface area contributed by atoms with Crippen molar-refractivity contribution >= 4 is 29.1 Å². The van der Waals surface area contributed by atoms with E-state index in [0.717, 1.165) is 0 Å². The fraction of sp³-hybridized carbons (Fsp3) is 0.250. The number of benzene rings is 2. The fourth-order valence-electron chi connectivity index (χ4n) is 3.13. The highest BCUT2D eigenvalue weighted by atomic mass is 16.6. The average Bonchev–Trinajstić information content (AvgIpc) is 2.82. The quantitative estimate of drug-likeness (QED) is 0.750. The molecule has 4 rings (SSSR count). The van der Waals surface area contributed by atoms with E-state index < -0.39 is 6.04 Å². The van der Waals surface area contributed by atoms with Crippen LogP contribution in [0.2, 0.25) is 0 Å². The molecule has 2 heterocycles. The molecule has 0 spiro atoms. The molecule has 0 saturated heterocycles. The summed E-state index contributed by atoms with van der Waals surface area (Å²) in [5, 5.41) is 8.18. The molecule has 1 atom stereocenters. The Bertz CT molecular complexity index is 943. The summed E-state index contributed by atoms with van der Waals surface area (Å²) in [6.07, 6.45) is 0.255. The van der Waals surface area contributed by atoms with Crippen molar-refractivity contribution in [3.8, 4) is 11.5 Å². The van der Waals surface area contributed by atoms with Gasteiger partial charge in [0.15, 0.2) is 11.5 Å². The third-order valence-electron chi connectivity index (χ3n) is 4.54. The summed E-state index contributed by atoms with van der Waals surface area (Å²) in [6, 6.07) is 11.2. The summed E-state index contributed by atoms with van der Waals surface area (Å²) in [7, 11) is 0. The lowest BCUT2D eigenvalue weighted by Gasteiger charge is -2.19. The van der Waals surface area contributed by atoms with Crippen molar-refractivity contribution < 1.29 is 23.9 Å². The van der Waals surface area contributed by atoms with E-state index >= 15 is 0 Å². The van der Waals surface area contributed by atoms with Gasteiger partial charge in [-0.15, -0.1) is 0 Å². The van der Waals surface area contributed by atoms with E-state index in [0.29, 0.717) is 41.7 Å². The summed E-state index contributed by atoms with van der Waals surface area (Å²) < 4.78 is 10.9. The minimum Gasteiger partial charge on any atom is -0.486 e. The van der Waals surface area contributed by atoms with Crippen LogP contribution in [0, 0.1) is 0 Å². The summed E-state index contributed by atoms with van der Waals surface area (Å²) in [6.45, 7) is 0.959. The van der Waals surface area contributed by atoms with E-state index in [1.807, 2.05) is 0 Å². The summed E-state index contributed by atoms with van der Waals surface area (Å²) in [5.74, 6) is 0.274. The number of hydrogen-bond acceptors (Lipinski definition) is 5. The van der Waals surface area contributed by atoms with Crippen molar-refractivity contribution in [2.75, 3.05) is 23.8 Å². The average molecular weight is 381 g/mol. The van der Waals surface area contributed by atoms with Crippen LogP contribution in [0.25, 0.3) is 0 Å². The molecule has 0 bridgehead atoms. The van der Waals surface area contributed by atoms with Crippen LogP contribution in [0.5, 0.6) is 11.5 Å². The Morgan fingerprint density at radius 3 is 2.71 bits per heavy atom. The molecule has 2 aromatic rings. The van der Waals surface area contributed by atoms with Crippen LogP contribution in [-0.2, 0) is 9.59 Å². The van der Waals surface area contributed by atoms with Crippen molar-refractivity contribution in [2.24, 2.45) is 0 Å². The Balaban J connectivity index is 1.36. The fourth-order valence-corrected chi connectivity index (χ4v) is 3.13. The molecule has 0 unspecified atom stereocenters. The van der Waals surface area contributed by atoms with Crippen LogP contribution in [0.3, 0.4) is 0 Å². The zero-order chi connectivity index (χ0) is 19.5. The second-order valence-corrected chi connectivity index (χ2v) is 6.51. The van der Waals surface area contributed by atoms with Gasteiger partial charge in [-0.3, -0.25) is 14.4 Å². The maximum Gasteiger partial charge on any atom is 0.254 e. The van der Waals surface area contributed by atoms with Gasteiger partial charge in [0.2, 0.25) is 11.8 Å². The Morgan fingerprint density at radius 1 is 1.07 bits per heavy atom. The van der Waals surface area contributed by atoms with Crippen LogP contribution in [-0.4, -0.2) is 37.0 Å². The number of amides is 3. The second-order valence-electron chi connectivity index (χ2n) is 6.51. The molecule has 3 amide bonds. The Kier molecular flexibility index (Phi) is 4.84. The van der Waals surface area contributed by atoms with E-state index in [-0.39, 0.29) is 30.6 Å². The zero-order valence-electron chi connectivity index (χ0n) is 15.0. The topological polar surface area (TPSA) is 106 Å². The van der Waals surface area contributed by atoms with Gasteiger partial charge >= 0.3 is 0 Å². The molecule has 0 radical (unpaired) electrons. The van der Waals surface area contributed by atoms with Gasteiger partial charge in [0.1, 0.15) is 19.3 Å². The highest BCUT2D eigenvalue weighted by Crippen LogP contribution is 2.32. The monoisotopic (exact) mass is 381 g/mol. The lowest BCUT2D eigenvalue weighted by Crippen LogP contribution is -2.41. The van der Waals surface area contributed by atoms with E-state index in [2.05, 4.69) is 16.0 Å². The van der Waals surface area contributed by atoms with Crippen LogP contribution < -0.4 is 25.4 Å². The van der Waals surface area contributed by atoms with Crippen molar-refractivity contribution in [2.45, 2.75) is 18.9 Å². The van der Waals surface area contributed by atoms with Crippen molar-refractivity contribution in [3.63, 3.8) is 0 Å². The van der Waals surface area contributed by atoms with Gasteiger partial charge in [0.25, 0.3) is 5.91 Å². The highest BCUT2D eigenvalue weighted by Gasteiger charge is 2.27. The first-order valence-electron chi connectivity index (χ1n) is 9.00. The SMILES string of the molecule is O=C(CC[C@@H]1NC(=O)c2ccccc2NC1=O)Nc1ccc2c(c1)OCCO2. The third kappa shape index (κ3) is 3.75. The van der Waals surface area contributed by atoms with Gasteiger partial charge in [0, 0.05) is 18.2 Å². The molecule has 8 nitrogen and oxygen atoms in total. The molecule has 0 aromatic heterocycles. The number of rotatable bonds is 4. The van der Waals surface area contributed by atoms with Gasteiger partial charge in [-0.1, -0.05) is 12.1 Å². The predicted molar refractivity (Wildman–Crippen MR) is 102 cm³/mol. The third-order valence-corrected chi connectivity index (χ3v) is 4.54. The molecular weight excluding hydrogens is 362 g/mol. The van der Waals surface area contributed by atoms with Gasteiger partial charge in [-0.05, 0) is 30.7 Å². The standard InChI is InChI=1S/C20H19N3O5/c24-18(21-12-5-7-16-17(11-12)28-10-9-27-16)8-6-15-20(26)22-14-4-2-1-3-13(14)19(25)23-15/h1-5,7,11,15H,6,8-10H2,(H,21,24)(H,22,26)(H,23,25)/t15-/m0/s1. The molecule has 144 valence electrons. The molecule has 3 N–H and O–H groups in total. The Hall–Kier alpha value is -3.55. The first-order chi connectivity index (χ1) is 13.6. The Morgan fingerprint density at radius 2 is 1.86 bits per heavy atom. The van der Waals surface area contributed by atoms with E-state index in [9.17, 15) is 14.4 Å². The minimum absolute atomic E-state index is 0.0726. The molecule has 0 aliphatic carbocycles. The van der Waals surface area contributed by atoms with E-state index in [4.69, 9.17) is 9.47 Å². The van der Waals surface area contributed by atoms with Crippen LogP contribution in [0.1, 0.15) is 23.2 Å². The largest absolute Gasteiger partial charge is 0.486 e. The Labute approximate surface area is 161 Å². The number of carbonyl (C=O) groups excluding carboxylic acids is 3. The summed E-state index contributed by atoms with van der Waals surface area (Å²) >= 11 is 0. The molecule has 2 aliphatic rings. The number of hydrogen-bond donors (Lipinski definition) is 3. The maximum atomic E-state index is 12.4. The lowest BCUT2D eigenvalue weighted by molar-refractivity contribution is -0.118. The minimum atomic E-state index is -0.786. The molecular formula is C20H19N3O5. The van der Waals surface area contributed by atoms with Crippen molar-refractivity contribution in [1.29, 1.82) is 0 Å². The molecule has 28 heavy (non-hydrogen) atoms. The highest BCUT2D eigenvalue weighted by molar-refractivity contribution is 6.10. The molecule has 2 aromatic carbocycles. The number of para-hydroxylation sites is 1.